The summed E-state index contributed by atoms with van der Waals surface area (Å²) in [5.41, 5.74) is -1.03. The van der Waals surface area contributed by atoms with Crippen LogP contribution in [-0.2, 0) is 25.5 Å². The first-order chi connectivity index (χ1) is 18.1. The second kappa shape index (κ2) is 10.9. The lowest BCUT2D eigenvalue weighted by Crippen LogP contribution is -2.52. The zero-order chi connectivity index (χ0) is 27.6. The lowest BCUT2D eigenvalue weighted by molar-refractivity contribution is -0.188. The highest BCUT2D eigenvalue weighted by Crippen LogP contribution is 2.37. The van der Waals surface area contributed by atoms with Gasteiger partial charge in [-0.05, 0) is 31.0 Å². The predicted molar refractivity (Wildman–Crippen MR) is 139 cm³/mol. The van der Waals surface area contributed by atoms with E-state index < -0.39 is 35.8 Å². The van der Waals surface area contributed by atoms with Crippen molar-refractivity contribution in [3.05, 3.63) is 47.5 Å². The summed E-state index contributed by atoms with van der Waals surface area (Å²) in [6.45, 7) is 3.67. The molecule has 1 aliphatic heterocycles. The van der Waals surface area contributed by atoms with Gasteiger partial charge in [0.25, 0.3) is 5.60 Å². The molecule has 2 N–H and O–H groups in total. The van der Waals surface area contributed by atoms with E-state index in [1.165, 1.54) is 0 Å². The van der Waals surface area contributed by atoms with Crippen LogP contribution in [0.3, 0.4) is 0 Å². The third-order valence-corrected chi connectivity index (χ3v) is 6.89. The SMILES string of the molecule is C#CC1CC(n2cnc3c(N(C)C(C)C)nc(Cl)nc32)OC1COC(Cc1ccccc1)(C(=O)O)C(=O)O. The summed E-state index contributed by atoms with van der Waals surface area (Å²) in [6, 6.07) is 8.54. The average Bonchev–Trinajstić information content (AvgIpc) is 3.49. The zero-order valence-electron chi connectivity index (χ0n) is 21.1. The number of carboxylic acids is 2. The second-order valence-corrected chi connectivity index (χ2v) is 9.73. The molecule has 1 aliphatic rings. The van der Waals surface area contributed by atoms with Gasteiger partial charge in [0.2, 0.25) is 5.28 Å². The Morgan fingerprint density at radius 2 is 1.97 bits per heavy atom. The molecule has 0 aliphatic carbocycles. The smallest absolute Gasteiger partial charge is 0.348 e. The van der Waals surface area contributed by atoms with Gasteiger partial charge >= 0.3 is 11.9 Å². The third-order valence-electron chi connectivity index (χ3n) is 6.73. The van der Waals surface area contributed by atoms with Crippen LogP contribution in [0, 0.1) is 18.3 Å². The summed E-state index contributed by atoms with van der Waals surface area (Å²) in [4.78, 5) is 39.4. The summed E-state index contributed by atoms with van der Waals surface area (Å²) in [6.07, 6.45) is 5.91. The number of ether oxygens (including phenoxy) is 2. The first-order valence-corrected chi connectivity index (χ1v) is 12.3. The van der Waals surface area contributed by atoms with Gasteiger partial charge in [0.1, 0.15) is 6.23 Å². The molecule has 3 heterocycles. The van der Waals surface area contributed by atoms with Crippen LogP contribution in [-0.4, -0.2) is 73.1 Å². The number of fused-ring (bicyclic) bond motifs is 1. The Kier molecular flexibility index (Phi) is 7.87. The van der Waals surface area contributed by atoms with Gasteiger partial charge in [-0.25, -0.2) is 14.6 Å². The van der Waals surface area contributed by atoms with Crippen LogP contribution in [0.5, 0.6) is 0 Å². The van der Waals surface area contributed by atoms with Crippen molar-refractivity contribution in [3.63, 3.8) is 0 Å². The van der Waals surface area contributed by atoms with Crippen molar-refractivity contribution in [2.75, 3.05) is 18.6 Å². The molecule has 3 unspecified atom stereocenters. The van der Waals surface area contributed by atoms with Crippen molar-refractivity contribution < 1.29 is 29.3 Å². The van der Waals surface area contributed by atoms with E-state index in [4.69, 9.17) is 27.5 Å². The molecule has 12 heteroatoms. The third kappa shape index (κ3) is 5.15. The monoisotopic (exact) mass is 541 g/mol. The van der Waals surface area contributed by atoms with Gasteiger partial charge in [0.05, 0.1) is 25.0 Å². The highest BCUT2D eigenvalue weighted by molar-refractivity contribution is 6.28. The molecule has 38 heavy (non-hydrogen) atoms. The maximum Gasteiger partial charge on any atom is 0.348 e. The van der Waals surface area contributed by atoms with Gasteiger partial charge in [-0.15, -0.1) is 12.3 Å². The van der Waals surface area contributed by atoms with Gasteiger partial charge < -0.3 is 24.6 Å². The molecule has 0 spiro atoms. The number of nitrogens with zero attached hydrogens (tertiary/aromatic N) is 5. The van der Waals surface area contributed by atoms with Gasteiger partial charge in [0, 0.05) is 25.9 Å². The minimum Gasteiger partial charge on any atom is -0.479 e. The maximum atomic E-state index is 12.2. The van der Waals surface area contributed by atoms with Crippen LogP contribution in [0.15, 0.2) is 36.7 Å². The largest absolute Gasteiger partial charge is 0.479 e. The van der Waals surface area contributed by atoms with Crippen LogP contribution in [0.25, 0.3) is 11.2 Å². The van der Waals surface area contributed by atoms with Crippen LogP contribution in [0.4, 0.5) is 5.82 Å². The van der Waals surface area contributed by atoms with E-state index in [2.05, 4.69) is 20.9 Å². The van der Waals surface area contributed by atoms with Gasteiger partial charge in [-0.1, -0.05) is 30.3 Å². The van der Waals surface area contributed by atoms with E-state index >= 15 is 0 Å². The Labute approximate surface area is 224 Å². The number of imidazole rings is 1. The predicted octanol–water partition coefficient (Wildman–Crippen LogP) is 3.03. The average molecular weight is 542 g/mol. The van der Waals surface area contributed by atoms with Crippen LogP contribution in [0.1, 0.15) is 32.1 Å². The number of aliphatic carboxylic acids is 2. The van der Waals surface area contributed by atoms with Crippen LogP contribution >= 0.6 is 11.6 Å². The zero-order valence-corrected chi connectivity index (χ0v) is 21.9. The Hall–Kier alpha value is -3.72. The molecule has 2 aromatic heterocycles. The quantitative estimate of drug-likeness (QED) is 0.223. The van der Waals surface area contributed by atoms with Crippen molar-refractivity contribution in [1.82, 2.24) is 19.5 Å². The van der Waals surface area contributed by atoms with E-state index in [1.54, 1.807) is 41.2 Å². The first-order valence-electron chi connectivity index (χ1n) is 12.0. The molecular weight excluding hydrogens is 514 g/mol. The number of benzene rings is 1. The Morgan fingerprint density at radius 3 is 2.58 bits per heavy atom. The van der Waals surface area contributed by atoms with E-state index in [0.717, 1.165) is 0 Å². The van der Waals surface area contributed by atoms with Crippen molar-refractivity contribution in [2.45, 2.75) is 50.7 Å². The molecule has 0 saturated carbocycles. The molecule has 3 atom stereocenters. The molecule has 1 aromatic carbocycles. The standard InChI is InChI=1S/C26H28ClN5O6/c1-5-17-11-19(32-14-28-20-21(31(4)15(2)3)29-25(27)30-22(20)32)38-18(17)13-37-26(23(33)34,24(35)36)12-16-9-7-6-8-10-16/h1,6-10,14-15,17-19H,11-13H2,2-4H3,(H,33,34)(H,35,36). The second-order valence-electron chi connectivity index (χ2n) is 9.39. The molecule has 3 aromatic rings. The lowest BCUT2D eigenvalue weighted by atomic mass is 9.94. The molecule has 0 amide bonds. The Morgan fingerprint density at radius 1 is 1.29 bits per heavy atom. The molecular formula is C26H28ClN5O6. The molecule has 1 saturated heterocycles. The fourth-order valence-corrected chi connectivity index (χ4v) is 4.49. The minimum absolute atomic E-state index is 0.0433. The minimum atomic E-state index is -2.51. The topological polar surface area (TPSA) is 140 Å². The van der Waals surface area contributed by atoms with Gasteiger partial charge in [-0.3, -0.25) is 4.57 Å². The molecule has 0 radical (unpaired) electrons. The number of rotatable bonds is 10. The number of carboxylic acid groups (broad SMARTS) is 2. The summed E-state index contributed by atoms with van der Waals surface area (Å²) in [7, 11) is 1.88. The maximum absolute atomic E-state index is 12.2. The first kappa shape index (κ1) is 27.3. The highest BCUT2D eigenvalue weighted by atomic mass is 35.5. The number of aromatic nitrogens is 4. The molecule has 11 nitrogen and oxygen atoms in total. The number of terminal acetylenes is 1. The molecule has 1 fully saturated rings. The summed E-state index contributed by atoms with van der Waals surface area (Å²) in [5, 5.41) is 19.8. The van der Waals surface area contributed by atoms with Crippen molar-refractivity contribution in [2.24, 2.45) is 5.92 Å². The van der Waals surface area contributed by atoms with E-state index in [-0.39, 0.29) is 24.4 Å². The van der Waals surface area contributed by atoms with E-state index in [0.29, 0.717) is 29.0 Å². The number of anilines is 1. The number of hydrogen-bond acceptors (Lipinski definition) is 8. The van der Waals surface area contributed by atoms with Crippen LogP contribution < -0.4 is 4.90 Å². The molecule has 4 rings (SSSR count). The van der Waals surface area contributed by atoms with E-state index in [1.807, 2.05) is 25.8 Å². The van der Waals surface area contributed by atoms with Gasteiger partial charge in [-0.2, -0.15) is 9.97 Å². The number of hydrogen-bond donors (Lipinski definition) is 2. The normalized spacial score (nSPS) is 19.5. The lowest BCUT2D eigenvalue weighted by Gasteiger charge is -2.27. The molecule has 200 valence electrons. The summed E-state index contributed by atoms with van der Waals surface area (Å²) < 4.78 is 13.5. The Balaban J connectivity index is 1.59. The van der Waals surface area contributed by atoms with Crippen molar-refractivity contribution in [3.8, 4) is 12.3 Å². The molecule has 0 bridgehead atoms. The number of carbonyl (C=O) groups is 2. The van der Waals surface area contributed by atoms with Crippen LogP contribution in [0.2, 0.25) is 5.28 Å². The summed E-state index contributed by atoms with van der Waals surface area (Å²) >= 11 is 6.22. The number of halogens is 1. The summed E-state index contributed by atoms with van der Waals surface area (Å²) in [5.74, 6) is -0.497. The Bertz CT molecular complexity index is 1360. The fourth-order valence-electron chi connectivity index (χ4n) is 4.33. The van der Waals surface area contributed by atoms with Crippen molar-refractivity contribution >= 4 is 40.5 Å². The highest BCUT2D eigenvalue weighted by Gasteiger charge is 2.50. The fraction of sp³-hybridized carbons (Fsp3) is 0.423. The van der Waals surface area contributed by atoms with Crippen molar-refractivity contribution in [1.29, 1.82) is 0 Å². The van der Waals surface area contributed by atoms with Gasteiger partial charge in [0.15, 0.2) is 17.0 Å². The van der Waals surface area contributed by atoms with E-state index in [9.17, 15) is 19.8 Å².